The van der Waals surface area contributed by atoms with Gasteiger partial charge in [-0.05, 0) is 40.0 Å². The van der Waals surface area contributed by atoms with E-state index in [4.69, 9.17) is 0 Å². The molecule has 0 saturated heterocycles. The third kappa shape index (κ3) is 9.38. The van der Waals surface area contributed by atoms with E-state index < -0.39 is 0 Å². The topological polar surface area (TPSA) is 40.6 Å². The summed E-state index contributed by atoms with van der Waals surface area (Å²) in [6.07, 6.45) is 0.752. The fraction of sp³-hybridized carbons (Fsp3) is 0.667. The second-order valence-electron chi connectivity index (χ2n) is 4.20. The number of nitrogens with zero attached hydrogens (tertiary/aromatic N) is 2. The zero-order chi connectivity index (χ0) is 12.6. The number of rotatable bonds is 6. The molecule has 0 rings (SSSR count). The predicted octanol–water partition coefficient (Wildman–Crippen LogP) is 0.0314. The number of carbonyl (C=O) groups is 2. The van der Waals surface area contributed by atoms with E-state index in [9.17, 15) is 9.59 Å². The van der Waals surface area contributed by atoms with Gasteiger partial charge in [0, 0.05) is 25.9 Å². The molecule has 0 aromatic rings. The van der Waals surface area contributed by atoms with Crippen LogP contribution in [0.15, 0.2) is 0 Å². The van der Waals surface area contributed by atoms with E-state index >= 15 is 0 Å². The Morgan fingerprint density at radius 1 is 0.812 bits per heavy atom. The average Bonchev–Trinajstić information content (AvgIpc) is 2.20. The summed E-state index contributed by atoms with van der Waals surface area (Å²) >= 11 is 0. The molecule has 0 atom stereocenters. The van der Waals surface area contributed by atoms with E-state index in [0.29, 0.717) is 25.9 Å². The Morgan fingerprint density at radius 3 is 1.38 bits per heavy atom. The van der Waals surface area contributed by atoms with Crippen LogP contribution in [0.1, 0.15) is 12.8 Å². The molecule has 0 N–H and O–H groups in total. The quantitative estimate of drug-likeness (QED) is 0.471. The van der Waals surface area contributed by atoms with Crippen molar-refractivity contribution in [2.45, 2.75) is 12.8 Å². The van der Waals surface area contributed by atoms with Crippen LogP contribution in [0.2, 0.25) is 0 Å². The van der Waals surface area contributed by atoms with Gasteiger partial charge in [-0.3, -0.25) is 9.59 Å². The molecular formula is C12H20N2O2. The van der Waals surface area contributed by atoms with Crippen molar-refractivity contribution >= 4 is 11.6 Å². The largest absolute Gasteiger partial charge is 0.309 e. The summed E-state index contributed by atoms with van der Waals surface area (Å²) in [6.45, 7) is 1.33. The van der Waals surface area contributed by atoms with Crippen LogP contribution >= 0.6 is 0 Å². The molecule has 0 aliphatic carbocycles. The minimum atomic E-state index is -0.174. The summed E-state index contributed by atoms with van der Waals surface area (Å²) in [4.78, 5) is 26.3. The molecule has 0 radical (unpaired) electrons. The molecular weight excluding hydrogens is 204 g/mol. The van der Waals surface area contributed by atoms with Crippen LogP contribution < -0.4 is 0 Å². The first-order chi connectivity index (χ1) is 7.41. The van der Waals surface area contributed by atoms with Crippen molar-refractivity contribution in [1.82, 2.24) is 9.80 Å². The standard InChI is InChI=1S/C12H20N2O2/c1-13(2)9-7-11(15)5-6-12(16)8-10-14(3)4/h7-10H2,1-4H3. The lowest BCUT2D eigenvalue weighted by Crippen LogP contribution is -2.17. The normalized spacial score (nSPS) is 10.1. The van der Waals surface area contributed by atoms with Crippen molar-refractivity contribution in [3.63, 3.8) is 0 Å². The summed E-state index contributed by atoms with van der Waals surface area (Å²) in [7, 11) is 7.57. The van der Waals surface area contributed by atoms with Crippen LogP contribution in [0.4, 0.5) is 0 Å². The molecule has 0 heterocycles. The highest BCUT2D eigenvalue weighted by Crippen LogP contribution is 1.87. The second kappa shape index (κ2) is 8.03. The van der Waals surface area contributed by atoms with Crippen LogP contribution in [-0.4, -0.2) is 62.6 Å². The second-order valence-corrected chi connectivity index (χ2v) is 4.20. The minimum Gasteiger partial charge on any atom is -0.309 e. The molecule has 4 nitrogen and oxygen atoms in total. The van der Waals surface area contributed by atoms with E-state index in [1.54, 1.807) is 0 Å². The Hall–Kier alpha value is -1.18. The van der Waals surface area contributed by atoms with Gasteiger partial charge >= 0.3 is 0 Å². The van der Waals surface area contributed by atoms with Crippen molar-refractivity contribution in [2.75, 3.05) is 41.3 Å². The Kier molecular flexibility index (Phi) is 7.44. The Labute approximate surface area is 97.6 Å². The zero-order valence-corrected chi connectivity index (χ0v) is 10.5. The lowest BCUT2D eigenvalue weighted by molar-refractivity contribution is -0.115. The van der Waals surface area contributed by atoms with Gasteiger partial charge < -0.3 is 9.80 Å². The molecule has 90 valence electrons. The molecule has 0 fully saturated rings. The number of carbonyl (C=O) groups excluding carboxylic acids is 2. The van der Waals surface area contributed by atoms with E-state index in [1.807, 2.05) is 38.0 Å². The van der Waals surface area contributed by atoms with Crippen molar-refractivity contribution < 1.29 is 9.59 Å². The maximum absolute atomic E-state index is 11.2. The smallest absolute Gasteiger partial charge is 0.207 e. The molecule has 0 amide bonds. The van der Waals surface area contributed by atoms with Crippen molar-refractivity contribution in [3.8, 4) is 11.8 Å². The first kappa shape index (κ1) is 14.8. The molecule has 0 aromatic carbocycles. The van der Waals surface area contributed by atoms with Gasteiger partial charge in [0.1, 0.15) is 0 Å². The summed E-state index contributed by atoms with van der Waals surface area (Å²) in [5, 5.41) is 0. The van der Waals surface area contributed by atoms with Gasteiger partial charge in [-0.1, -0.05) is 0 Å². The third-order valence-electron chi connectivity index (χ3n) is 1.91. The van der Waals surface area contributed by atoms with Crippen LogP contribution in [0.25, 0.3) is 0 Å². The highest BCUT2D eigenvalue weighted by Gasteiger charge is 2.00. The Balaban J connectivity index is 3.89. The number of hydrogen-bond donors (Lipinski definition) is 0. The SMILES string of the molecule is CN(C)CCC(=O)C#CC(=O)CCN(C)C. The maximum Gasteiger partial charge on any atom is 0.207 e. The highest BCUT2D eigenvalue weighted by molar-refractivity contribution is 6.04. The molecule has 4 heteroatoms. The van der Waals surface area contributed by atoms with Crippen molar-refractivity contribution in [2.24, 2.45) is 0 Å². The fourth-order valence-electron chi connectivity index (χ4n) is 0.915. The number of Topliss-reactive ketones (excluding diaryl/α,β-unsaturated/α-hetero) is 2. The van der Waals surface area contributed by atoms with E-state index in [2.05, 4.69) is 11.8 Å². The van der Waals surface area contributed by atoms with Gasteiger partial charge in [0.05, 0.1) is 0 Å². The molecule has 0 aliphatic rings. The molecule has 0 spiro atoms. The molecule has 0 saturated carbocycles. The monoisotopic (exact) mass is 224 g/mol. The average molecular weight is 224 g/mol. The van der Waals surface area contributed by atoms with E-state index in [-0.39, 0.29) is 11.6 Å². The summed E-state index contributed by atoms with van der Waals surface area (Å²) in [6, 6.07) is 0. The lowest BCUT2D eigenvalue weighted by Gasteiger charge is -2.06. The summed E-state index contributed by atoms with van der Waals surface area (Å²) in [5.74, 6) is 4.41. The molecule has 16 heavy (non-hydrogen) atoms. The summed E-state index contributed by atoms with van der Waals surface area (Å²) in [5.41, 5.74) is 0. The fourth-order valence-corrected chi connectivity index (χ4v) is 0.915. The number of hydrogen-bond acceptors (Lipinski definition) is 4. The van der Waals surface area contributed by atoms with Gasteiger partial charge in [0.15, 0.2) is 0 Å². The third-order valence-corrected chi connectivity index (χ3v) is 1.91. The van der Waals surface area contributed by atoms with Crippen LogP contribution in [0.5, 0.6) is 0 Å². The molecule has 0 unspecified atom stereocenters. The van der Waals surface area contributed by atoms with Crippen molar-refractivity contribution in [1.29, 1.82) is 0 Å². The minimum absolute atomic E-state index is 0.174. The van der Waals surface area contributed by atoms with E-state index in [0.717, 1.165) is 0 Å². The Bertz CT molecular complexity index is 270. The van der Waals surface area contributed by atoms with Gasteiger partial charge in [-0.2, -0.15) is 0 Å². The van der Waals surface area contributed by atoms with Gasteiger partial charge in [0.25, 0.3) is 0 Å². The van der Waals surface area contributed by atoms with Gasteiger partial charge in [-0.15, -0.1) is 0 Å². The van der Waals surface area contributed by atoms with Crippen LogP contribution in [-0.2, 0) is 9.59 Å². The van der Waals surface area contributed by atoms with Crippen molar-refractivity contribution in [3.05, 3.63) is 0 Å². The first-order valence-electron chi connectivity index (χ1n) is 5.29. The predicted molar refractivity (Wildman–Crippen MR) is 64.1 cm³/mol. The number of ketones is 2. The molecule has 0 aliphatic heterocycles. The van der Waals surface area contributed by atoms with Crippen LogP contribution in [0, 0.1) is 11.8 Å². The molecule has 0 aromatic heterocycles. The highest BCUT2D eigenvalue weighted by atomic mass is 16.1. The van der Waals surface area contributed by atoms with Crippen LogP contribution in [0.3, 0.4) is 0 Å². The zero-order valence-electron chi connectivity index (χ0n) is 10.5. The Morgan fingerprint density at radius 2 is 1.12 bits per heavy atom. The van der Waals surface area contributed by atoms with Gasteiger partial charge in [-0.25, -0.2) is 0 Å². The maximum atomic E-state index is 11.2. The van der Waals surface area contributed by atoms with E-state index in [1.165, 1.54) is 0 Å². The molecule has 0 bridgehead atoms. The first-order valence-corrected chi connectivity index (χ1v) is 5.29. The van der Waals surface area contributed by atoms with Gasteiger partial charge in [0.2, 0.25) is 11.6 Å². The lowest BCUT2D eigenvalue weighted by atomic mass is 10.2. The summed E-state index contributed by atoms with van der Waals surface area (Å²) < 4.78 is 0.